The van der Waals surface area contributed by atoms with Crippen molar-refractivity contribution in [1.82, 2.24) is 0 Å². The number of rotatable bonds is 2. The van der Waals surface area contributed by atoms with Crippen molar-refractivity contribution < 1.29 is 9.53 Å². The summed E-state index contributed by atoms with van der Waals surface area (Å²) >= 11 is 0. The summed E-state index contributed by atoms with van der Waals surface area (Å²) in [5.74, 6) is 0.0220. The van der Waals surface area contributed by atoms with Crippen LogP contribution < -0.4 is 0 Å². The summed E-state index contributed by atoms with van der Waals surface area (Å²) in [7, 11) is 0. The molecule has 0 bridgehead atoms. The molecule has 0 spiro atoms. The highest BCUT2D eigenvalue weighted by Crippen LogP contribution is 2.24. The Balaban J connectivity index is 2.02. The molecule has 2 atom stereocenters. The van der Waals surface area contributed by atoms with E-state index >= 15 is 0 Å². The molecule has 0 radical (unpaired) electrons. The number of esters is 1. The van der Waals surface area contributed by atoms with Crippen molar-refractivity contribution in [3.05, 3.63) is 35.9 Å². The van der Waals surface area contributed by atoms with Gasteiger partial charge in [0.15, 0.2) is 0 Å². The van der Waals surface area contributed by atoms with Crippen molar-refractivity contribution in [3.63, 3.8) is 0 Å². The van der Waals surface area contributed by atoms with Crippen LogP contribution in [-0.4, -0.2) is 12.1 Å². The molecule has 1 fully saturated rings. The molecular weight excluding hydrogens is 176 g/mol. The molecule has 2 rings (SSSR count). The molecule has 0 unspecified atom stereocenters. The zero-order valence-corrected chi connectivity index (χ0v) is 8.27. The normalized spacial score (nSPS) is 26.2. The van der Waals surface area contributed by atoms with Crippen LogP contribution in [0.15, 0.2) is 30.3 Å². The van der Waals surface area contributed by atoms with Gasteiger partial charge in [0.2, 0.25) is 0 Å². The predicted octanol–water partition coefficient (Wildman–Crippen LogP) is 2.18. The van der Waals surface area contributed by atoms with E-state index < -0.39 is 0 Å². The molecule has 74 valence electrons. The van der Waals surface area contributed by atoms with Gasteiger partial charge in [0.25, 0.3) is 0 Å². The van der Waals surface area contributed by atoms with Crippen LogP contribution in [0, 0.1) is 5.92 Å². The van der Waals surface area contributed by atoms with E-state index in [4.69, 9.17) is 4.74 Å². The molecule has 0 amide bonds. The summed E-state index contributed by atoms with van der Waals surface area (Å²) in [4.78, 5) is 11.4. The Bertz CT molecular complexity index is 318. The molecule has 0 aromatic heterocycles. The number of hydrogen-bond donors (Lipinski definition) is 0. The first kappa shape index (κ1) is 9.25. The second-order valence-corrected chi connectivity index (χ2v) is 3.87. The van der Waals surface area contributed by atoms with E-state index in [1.165, 1.54) is 5.56 Å². The fourth-order valence-electron chi connectivity index (χ4n) is 1.90. The highest BCUT2D eigenvalue weighted by Gasteiger charge is 2.31. The smallest absolute Gasteiger partial charge is 0.309 e. The fourth-order valence-corrected chi connectivity index (χ4v) is 1.90. The van der Waals surface area contributed by atoms with E-state index in [9.17, 15) is 4.79 Å². The molecule has 2 heteroatoms. The molecule has 0 aliphatic carbocycles. The number of ether oxygens (including phenoxy) is 1. The molecule has 1 aliphatic heterocycles. The maximum Gasteiger partial charge on any atom is 0.309 e. The van der Waals surface area contributed by atoms with E-state index in [0.717, 1.165) is 12.8 Å². The Labute approximate surface area is 83.9 Å². The summed E-state index contributed by atoms with van der Waals surface area (Å²) in [5.41, 5.74) is 1.21. The first-order chi connectivity index (χ1) is 6.75. The fraction of sp³-hybridized carbons (Fsp3) is 0.417. The van der Waals surface area contributed by atoms with Crippen LogP contribution in [-0.2, 0) is 16.0 Å². The van der Waals surface area contributed by atoms with Crippen molar-refractivity contribution in [2.75, 3.05) is 0 Å². The summed E-state index contributed by atoms with van der Waals surface area (Å²) in [6, 6.07) is 10.1. The summed E-state index contributed by atoms with van der Waals surface area (Å²) in [6.07, 6.45) is 1.76. The molecule has 1 aromatic carbocycles. The predicted molar refractivity (Wildman–Crippen MR) is 53.8 cm³/mol. The minimum Gasteiger partial charge on any atom is -0.462 e. The highest BCUT2D eigenvalue weighted by atomic mass is 16.5. The second kappa shape index (κ2) is 3.82. The third-order valence-electron chi connectivity index (χ3n) is 2.59. The molecule has 0 N–H and O–H groups in total. The van der Waals surface area contributed by atoms with E-state index in [0.29, 0.717) is 0 Å². The average molecular weight is 190 g/mol. The van der Waals surface area contributed by atoms with Crippen molar-refractivity contribution in [2.24, 2.45) is 5.92 Å². The Hall–Kier alpha value is -1.31. The van der Waals surface area contributed by atoms with Crippen molar-refractivity contribution in [2.45, 2.75) is 25.9 Å². The molecule has 14 heavy (non-hydrogen) atoms. The van der Waals surface area contributed by atoms with E-state index in [2.05, 4.69) is 12.1 Å². The van der Waals surface area contributed by atoms with Crippen LogP contribution in [0.2, 0.25) is 0 Å². The lowest BCUT2D eigenvalue weighted by molar-refractivity contribution is -0.143. The van der Waals surface area contributed by atoms with Gasteiger partial charge in [-0.3, -0.25) is 4.79 Å². The van der Waals surface area contributed by atoms with Gasteiger partial charge in [-0.05, 0) is 25.3 Å². The molecule has 0 saturated carbocycles. The number of cyclic esters (lactones) is 1. The topological polar surface area (TPSA) is 26.3 Å². The molecule has 1 aliphatic rings. The first-order valence-corrected chi connectivity index (χ1v) is 5.00. The summed E-state index contributed by atoms with van der Waals surface area (Å²) < 4.78 is 5.11. The third kappa shape index (κ3) is 1.95. The Morgan fingerprint density at radius 3 is 2.64 bits per heavy atom. The van der Waals surface area contributed by atoms with Crippen molar-refractivity contribution in [1.29, 1.82) is 0 Å². The standard InChI is InChI=1S/C12H14O2/c1-9-7-11(12(13)14-9)8-10-5-3-2-4-6-10/h2-6,9,11H,7-8H2,1H3/t9-,11+/m1/s1. The van der Waals surface area contributed by atoms with Gasteiger partial charge in [-0.2, -0.15) is 0 Å². The SMILES string of the molecule is C[C@@H]1C[C@@H](Cc2ccccc2)C(=O)O1. The van der Waals surface area contributed by atoms with Gasteiger partial charge in [0.05, 0.1) is 12.0 Å². The van der Waals surface area contributed by atoms with Gasteiger partial charge in [0, 0.05) is 0 Å². The zero-order valence-electron chi connectivity index (χ0n) is 8.27. The van der Waals surface area contributed by atoms with E-state index in [-0.39, 0.29) is 18.0 Å². The van der Waals surface area contributed by atoms with Crippen LogP contribution in [0.4, 0.5) is 0 Å². The molecule has 2 nitrogen and oxygen atoms in total. The Morgan fingerprint density at radius 2 is 2.07 bits per heavy atom. The highest BCUT2D eigenvalue weighted by molar-refractivity contribution is 5.74. The van der Waals surface area contributed by atoms with Gasteiger partial charge in [-0.15, -0.1) is 0 Å². The summed E-state index contributed by atoms with van der Waals surface area (Å²) in [5, 5.41) is 0. The summed E-state index contributed by atoms with van der Waals surface area (Å²) in [6.45, 7) is 1.95. The number of carbonyl (C=O) groups excluding carboxylic acids is 1. The van der Waals surface area contributed by atoms with E-state index in [1.807, 2.05) is 25.1 Å². The van der Waals surface area contributed by atoms with Crippen LogP contribution in [0.5, 0.6) is 0 Å². The first-order valence-electron chi connectivity index (χ1n) is 5.00. The molecule has 1 saturated heterocycles. The van der Waals surface area contributed by atoms with Gasteiger partial charge < -0.3 is 4.74 Å². The number of carbonyl (C=O) groups is 1. The lowest BCUT2D eigenvalue weighted by Gasteiger charge is -2.04. The minimum absolute atomic E-state index is 0.0404. The Morgan fingerprint density at radius 1 is 1.36 bits per heavy atom. The maximum atomic E-state index is 11.4. The van der Waals surface area contributed by atoms with Crippen molar-refractivity contribution in [3.8, 4) is 0 Å². The largest absolute Gasteiger partial charge is 0.462 e. The molecule has 1 aromatic rings. The van der Waals surface area contributed by atoms with Gasteiger partial charge in [-0.1, -0.05) is 30.3 Å². The van der Waals surface area contributed by atoms with Crippen LogP contribution in [0.1, 0.15) is 18.9 Å². The number of benzene rings is 1. The monoisotopic (exact) mass is 190 g/mol. The van der Waals surface area contributed by atoms with Crippen LogP contribution in [0.3, 0.4) is 0 Å². The second-order valence-electron chi connectivity index (χ2n) is 3.87. The van der Waals surface area contributed by atoms with Crippen LogP contribution in [0.25, 0.3) is 0 Å². The number of hydrogen-bond acceptors (Lipinski definition) is 2. The maximum absolute atomic E-state index is 11.4. The molecule has 1 heterocycles. The Kier molecular flexibility index (Phi) is 2.53. The molecular formula is C12H14O2. The lowest BCUT2D eigenvalue weighted by Crippen LogP contribution is -2.10. The zero-order chi connectivity index (χ0) is 9.97. The van der Waals surface area contributed by atoms with Crippen LogP contribution >= 0.6 is 0 Å². The van der Waals surface area contributed by atoms with Gasteiger partial charge >= 0.3 is 5.97 Å². The third-order valence-corrected chi connectivity index (χ3v) is 2.59. The van der Waals surface area contributed by atoms with Gasteiger partial charge in [0.1, 0.15) is 0 Å². The quantitative estimate of drug-likeness (QED) is 0.668. The minimum atomic E-state index is -0.0404. The van der Waals surface area contributed by atoms with E-state index in [1.54, 1.807) is 0 Å². The average Bonchev–Trinajstić information content (AvgIpc) is 2.47. The lowest BCUT2D eigenvalue weighted by atomic mass is 9.97. The van der Waals surface area contributed by atoms with Gasteiger partial charge in [-0.25, -0.2) is 0 Å². The van der Waals surface area contributed by atoms with Crippen molar-refractivity contribution >= 4 is 5.97 Å².